The molecule has 96 valence electrons. The number of nitrogens with zero attached hydrogens (tertiary/aromatic N) is 1. The number of halogens is 2. The van der Waals surface area contributed by atoms with Crippen LogP contribution in [0.2, 0.25) is 0 Å². The molecular weight excluding hydrogens is 380 g/mol. The fourth-order valence-corrected chi connectivity index (χ4v) is 3.81. The molecule has 0 aliphatic rings. The molecule has 0 atom stereocenters. The van der Waals surface area contributed by atoms with Crippen LogP contribution in [0.5, 0.6) is 0 Å². The summed E-state index contributed by atoms with van der Waals surface area (Å²) in [6.07, 6.45) is 0. The molecule has 0 radical (unpaired) electrons. The summed E-state index contributed by atoms with van der Waals surface area (Å²) in [5.41, 5.74) is 0.428. The van der Waals surface area contributed by atoms with Gasteiger partial charge in [0, 0.05) is 9.89 Å². The zero-order chi connectivity index (χ0) is 13.5. The Morgan fingerprint density at radius 3 is 2.50 bits per heavy atom. The maximum atomic E-state index is 12.0. The van der Waals surface area contributed by atoms with Crippen molar-refractivity contribution in [3.8, 4) is 10.7 Å². The first-order valence-electron chi connectivity index (χ1n) is 5.34. The lowest BCUT2D eigenvalue weighted by atomic mass is 9.92. The summed E-state index contributed by atoms with van der Waals surface area (Å²) in [5.74, 6) is 0.606. The summed E-state index contributed by atoms with van der Waals surface area (Å²) in [7, 11) is 0. The van der Waals surface area contributed by atoms with Gasteiger partial charge in [0.05, 0.1) is 10.6 Å². The second-order valence-electron chi connectivity index (χ2n) is 4.92. The van der Waals surface area contributed by atoms with Crippen molar-refractivity contribution in [1.82, 2.24) is 9.97 Å². The number of rotatable bonds is 1. The van der Waals surface area contributed by atoms with E-state index in [1.165, 1.54) is 0 Å². The van der Waals surface area contributed by atoms with Gasteiger partial charge in [-0.15, -0.1) is 11.3 Å². The normalized spacial score (nSPS) is 11.8. The zero-order valence-electron chi connectivity index (χ0n) is 10.2. The molecule has 6 heteroatoms. The summed E-state index contributed by atoms with van der Waals surface area (Å²) < 4.78 is 1.45. The number of thiophene rings is 1. The lowest BCUT2D eigenvalue weighted by Crippen LogP contribution is -2.22. The maximum Gasteiger partial charge on any atom is 0.265 e. The van der Waals surface area contributed by atoms with E-state index in [0.717, 1.165) is 15.0 Å². The van der Waals surface area contributed by atoms with Crippen molar-refractivity contribution in [2.75, 3.05) is 0 Å². The zero-order valence-corrected chi connectivity index (χ0v) is 14.2. The minimum Gasteiger partial charge on any atom is -0.305 e. The van der Waals surface area contributed by atoms with E-state index < -0.39 is 0 Å². The molecule has 0 aliphatic carbocycles. The Morgan fingerprint density at radius 2 is 2.00 bits per heavy atom. The van der Waals surface area contributed by atoms with Crippen molar-refractivity contribution < 1.29 is 0 Å². The summed E-state index contributed by atoms with van der Waals surface area (Å²) >= 11 is 8.32. The first-order valence-corrected chi connectivity index (χ1v) is 7.81. The molecule has 0 saturated heterocycles. The van der Waals surface area contributed by atoms with E-state index in [1.807, 2.05) is 32.2 Å². The first-order chi connectivity index (χ1) is 8.30. The second kappa shape index (κ2) is 4.90. The molecule has 0 bridgehead atoms. The molecule has 2 aromatic heterocycles. The van der Waals surface area contributed by atoms with Crippen molar-refractivity contribution in [2.45, 2.75) is 26.2 Å². The quantitative estimate of drug-likeness (QED) is 0.786. The van der Waals surface area contributed by atoms with Gasteiger partial charge in [0.2, 0.25) is 0 Å². The topological polar surface area (TPSA) is 45.8 Å². The highest BCUT2D eigenvalue weighted by atomic mass is 79.9. The van der Waals surface area contributed by atoms with Gasteiger partial charge in [-0.3, -0.25) is 4.79 Å². The van der Waals surface area contributed by atoms with Gasteiger partial charge >= 0.3 is 0 Å². The van der Waals surface area contributed by atoms with Crippen molar-refractivity contribution in [3.63, 3.8) is 0 Å². The molecule has 0 spiro atoms. The molecule has 0 fully saturated rings. The third-order valence-corrected chi connectivity index (χ3v) is 4.99. The van der Waals surface area contributed by atoms with Crippen LogP contribution in [-0.4, -0.2) is 9.97 Å². The Kier molecular flexibility index (Phi) is 3.80. The van der Waals surface area contributed by atoms with Gasteiger partial charge in [-0.2, -0.15) is 0 Å². The minimum absolute atomic E-state index is 0.148. The Morgan fingerprint density at radius 1 is 1.33 bits per heavy atom. The standard InChI is InChI=1S/C12H12Br2N2OS/c1-12(2,3)9-7(14)11(17)16-10(15-9)8-6(13)4-5-18-8/h4-5H,1-3H3,(H,15,16,17). The van der Waals surface area contributed by atoms with E-state index >= 15 is 0 Å². The van der Waals surface area contributed by atoms with E-state index in [-0.39, 0.29) is 11.0 Å². The van der Waals surface area contributed by atoms with Gasteiger partial charge in [0.1, 0.15) is 4.47 Å². The maximum absolute atomic E-state index is 12.0. The third kappa shape index (κ3) is 2.60. The second-order valence-corrected chi connectivity index (χ2v) is 7.49. The molecule has 18 heavy (non-hydrogen) atoms. The summed E-state index contributed by atoms with van der Waals surface area (Å²) in [5, 5.41) is 1.96. The van der Waals surface area contributed by atoms with E-state index in [0.29, 0.717) is 10.3 Å². The number of nitrogens with one attached hydrogen (secondary N) is 1. The van der Waals surface area contributed by atoms with Crippen molar-refractivity contribution in [3.05, 3.63) is 36.4 Å². The Balaban J connectivity index is 2.70. The summed E-state index contributed by atoms with van der Waals surface area (Å²) in [4.78, 5) is 20.3. The van der Waals surface area contributed by atoms with Crippen molar-refractivity contribution in [2.24, 2.45) is 0 Å². The average molecular weight is 392 g/mol. The fourth-order valence-electron chi connectivity index (χ4n) is 1.53. The molecule has 0 amide bonds. The highest BCUT2D eigenvalue weighted by molar-refractivity contribution is 9.11. The van der Waals surface area contributed by atoms with Gasteiger partial charge in [-0.05, 0) is 43.3 Å². The smallest absolute Gasteiger partial charge is 0.265 e. The number of aromatic nitrogens is 2. The summed E-state index contributed by atoms with van der Waals surface area (Å²) in [6, 6.07) is 1.94. The molecule has 2 heterocycles. The fraction of sp³-hybridized carbons (Fsp3) is 0.333. The molecule has 0 unspecified atom stereocenters. The third-order valence-electron chi connectivity index (χ3n) is 2.41. The van der Waals surface area contributed by atoms with Crippen molar-refractivity contribution in [1.29, 1.82) is 0 Å². The van der Waals surface area contributed by atoms with Crippen molar-refractivity contribution >= 4 is 43.2 Å². The molecule has 2 rings (SSSR count). The monoisotopic (exact) mass is 390 g/mol. The largest absolute Gasteiger partial charge is 0.305 e. The number of hydrogen-bond acceptors (Lipinski definition) is 3. The lowest BCUT2D eigenvalue weighted by molar-refractivity contribution is 0.562. The van der Waals surface area contributed by atoms with Gasteiger partial charge in [0.15, 0.2) is 5.82 Å². The number of H-pyrrole nitrogens is 1. The Bertz CT molecular complexity index is 640. The molecular formula is C12H12Br2N2OS. The number of hydrogen-bond donors (Lipinski definition) is 1. The van der Waals surface area contributed by atoms with Crippen LogP contribution in [0.15, 0.2) is 25.2 Å². The van der Waals surface area contributed by atoms with Crippen LogP contribution >= 0.6 is 43.2 Å². The molecule has 0 aliphatic heterocycles. The molecule has 3 nitrogen and oxygen atoms in total. The minimum atomic E-state index is -0.189. The van der Waals surface area contributed by atoms with Crippen LogP contribution in [-0.2, 0) is 5.41 Å². The van der Waals surface area contributed by atoms with E-state index in [2.05, 4.69) is 41.8 Å². The lowest BCUT2D eigenvalue weighted by Gasteiger charge is -2.19. The highest BCUT2D eigenvalue weighted by Crippen LogP contribution is 2.33. The Hall–Kier alpha value is -0.460. The van der Waals surface area contributed by atoms with E-state index in [9.17, 15) is 4.79 Å². The molecule has 0 aromatic carbocycles. The number of aromatic amines is 1. The van der Waals surface area contributed by atoms with Gasteiger partial charge < -0.3 is 4.98 Å². The van der Waals surface area contributed by atoms with E-state index in [1.54, 1.807) is 11.3 Å². The van der Waals surface area contributed by atoms with Gasteiger partial charge in [-0.1, -0.05) is 20.8 Å². The molecule has 2 aromatic rings. The van der Waals surface area contributed by atoms with Crippen LogP contribution in [0, 0.1) is 0 Å². The predicted octanol–water partition coefficient (Wildman–Crippen LogP) is 4.32. The average Bonchev–Trinajstić information content (AvgIpc) is 2.66. The van der Waals surface area contributed by atoms with E-state index in [4.69, 9.17) is 0 Å². The SMILES string of the molecule is CC(C)(C)c1nc(-c2sccc2Br)[nH]c(=O)c1Br. The van der Waals surface area contributed by atoms with Crippen LogP contribution in [0.3, 0.4) is 0 Å². The van der Waals surface area contributed by atoms with Crippen LogP contribution in [0.25, 0.3) is 10.7 Å². The van der Waals surface area contributed by atoms with Crippen LogP contribution in [0.1, 0.15) is 26.5 Å². The summed E-state index contributed by atoms with van der Waals surface area (Å²) in [6.45, 7) is 6.10. The molecule has 1 N–H and O–H groups in total. The first kappa shape index (κ1) is 14.0. The highest BCUT2D eigenvalue weighted by Gasteiger charge is 2.23. The van der Waals surface area contributed by atoms with Gasteiger partial charge in [-0.25, -0.2) is 4.98 Å². The van der Waals surface area contributed by atoms with Crippen LogP contribution in [0.4, 0.5) is 0 Å². The predicted molar refractivity (Wildman–Crippen MR) is 82.3 cm³/mol. The van der Waals surface area contributed by atoms with Crippen LogP contribution < -0.4 is 5.56 Å². The Labute approximate surface area is 126 Å². The molecule has 0 saturated carbocycles. The van der Waals surface area contributed by atoms with Gasteiger partial charge in [0.25, 0.3) is 5.56 Å².